The van der Waals surface area contributed by atoms with Crippen LogP contribution in [0.2, 0.25) is 0 Å². The Bertz CT molecular complexity index is 434. The number of carboxylic acid groups (broad SMARTS) is 1. The van der Waals surface area contributed by atoms with E-state index >= 15 is 0 Å². The van der Waals surface area contributed by atoms with Crippen LogP contribution >= 0.6 is 0 Å². The molecule has 17 heavy (non-hydrogen) atoms. The highest BCUT2D eigenvalue weighted by molar-refractivity contribution is 5.81. The fourth-order valence-corrected chi connectivity index (χ4v) is 2.32. The molecule has 0 saturated carbocycles. The molecule has 1 aromatic heterocycles. The van der Waals surface area contributed by atoms with E-state index in [0.717, 1.165) is 17.8 Å². The van der Waals surface area contributed by atoms with Crippen LogP contribution in [0.15, 0.2) is 12.3 Å². The molecule has 0 spiro atoms. The van der Waals surface area contributed by atoms with E-state index in [2.05, 4.69) is 22.1 Å². The Morgan fingerprint density at radius 1 is 1.65 bits per heavy atom. The molecular formula is C12H17N3O2. The zero-order valence-electron chi connectivity index (χ0n) is 10.1. The third-order valence-corrected chi connectivity index (χ3v) is 3.18. The molecule has 1 amide bonds. The largest absolute Gasteiger partial charge is 0.465 e. The van der Waals surface area contributed by atoms with Crippen LogP contribution in [0, 0.1) is 6.92 Å². The van der Waals surface area contributed by atoms with E-state index in [0.29, 0.717) is 11.9 Å². The topological polar surface area (TPSA) is 65.5 Å². The van der Waals surface area contributed by atoms with Crippen LogP contribution < -0.4 is 10.2 Å². The van der Waals surface area contributed by atoms with Gasteiger partial charge in [-0.05, 0) is 38.3 Å². The summed E-state index contributed by atoms with van der Waals surface area (Å²) >= 11 is 0. The lowest BCUT2D eigenvalue weighted by molar-refractivity contribution is 0.209. The minimum Gasteiger partial charge on any atom is -0.465 e. The number of hydrogen-bond acceptors (Lipinski definition) is 3. The number of carbonyl (C=O) groups is 1. The second-order valence-corrected chi connectivity index (χ2v) is 4.47. The lowest BCUT2D eigenvalue weighted by Gasteiger charge is -2.25. The van der Waals surface area contributed by atoms with Crippen molar-refractivity contribution >= 4 is 17.6 Å². The fraction of sp³-hybridized carbons (Fsp3) is 0.500. The van der Waals surface area contributed by atoms with Crippen molar-refractivity contribution in [2.75, 3.05) is 16.8 Å². The summed E-state index contributed by atoms with van der Waals surface area (Å²) in [6.07, 6.45) is 3.08. The smallest absolute Gasteiger partial charge is 0.410 e. The van der Waals surface area contributed by atoms with Crippen LogP contribution in [0.5, 0.6) is 0 Å². The van der Waals surface area contributed by atoms with E-state index < -0.39 is 6.09 Å². The maximum absolute atomic E-state index is 10.5. The first kappa shape index (κ1) is 11.7. The number of anilines is 2. The molecule has 0 radical (unpaired) electrons. The molecule has 5 heteroatoms. The summed E-state index contributed by atoms with van der Waals surface area (Å²) in [6, 6.07) is 2.31. The molecule has 2 N–H and O–H groups in total. The van der Waals surface area contributed by atoms with Crippen LogP contribution in [-0.4, -0.2) is 28.8 Å². The normalized spacial score (nSPS) is 19.4. The first-order valence-electron chi connectivity index (χ1n) is 5.81. The molecule has 0 bridgehead atoms. The first-order valence-corrected chi connectivity index (χ1v) is 5.81. The van der Waals surface area contributed by atoms with Crippen molar-refractivity contribution in [2.24, 2.45) is 0 Å². The van der Waals surface area contributed by atoms with Crippen LogP contribution in [0.25, 0.3) is 0 Å². The monoisotopic (exact) mass is 235 g/mol. The third-order valence-electron chi connectivity index (χ3n) is 3.18. The van der Waals surface area contributed by atoms with Crippen LogP contribution in [-0.2, 0) is 0 Å². The summed E-state index contributed by atoms with van der Waals surface area (Å²) in [6.45, 7) is 5.24. The quantitative estimate of drug-likeness (QED) is 0.826. The number of nitrogens with zero attached hydrogens (tertiary/aromatic N) is 2. The predicted molar refractivity (Wildman–Crippen MR) is 66.7 cm³/mol. The summed E-state index contributed by atoms with van der Waals surface area (Å²) < 4.78 is 0. The zero-order valence-corrected chi connectivity index (χ0v) is 10.1. The van der Waals surface area contributed by atoms with Gasteiger partial charge in [0, 0.05) is 12.6 Å². The van der Waals surface area contributed by atoms with Crippen molar-refractivity contribution in [3.05, 3.63) is 17.8 Å². The van der Waals surface area contributed by atoms with Crippen molar-refractivity contribution in [1.82, 2.24) is 4.98 Å². The predicted octanol–water partition coefficient (Wildman–Crippen LogP) is 2.47. The van der Waals surface area contributed by atoms with E-state index in [1.54, 1.807) is 12.3 Å². The number of hydrogen-bond donors (Lipinski definition) is 2. The minimum absolute atomic E-state index is 0.380. The number of amides is 1. The molecule has 1 aliphatic rings. The molecule has 1 fully saturated rings. The number of pyridine rings is 1. The molecule has 0 unspecified atom stereocenters. The van der Waals surface area contributed by atoms with Gasteiger partial charge in [-0.1, -0.05) is 0 Å². The number of nitrogens with one attached hydrogen (secondary N) is 1. The van der Waals surface area contributed by atoms with Gasteiger partial charge in [-0.15, -0.1) is 0 Å². The van der Waals surface area contributed by atoms with Gasteiger partial charge in [0.25, 0.3) is 0 Å². The number of aryl methyl sites for hydroxylation is 1. The second-order valence-electron chi connectivity index (χ2n) is 4.47. The fourth-order valence-electron chi connectivity index (χ4n) is 2.32. The highest BCUT2D eigenvalue weighted by Crippen LogP contribution is 2.28. The first-order chi connectivity index (χ1) is 8.08. The minimum atomic E-state index is -1.08. The molecule has 0 aliphatic carbocycles. The molecule has 0 aromatic carbocycles. The van der Waals surface area contributed by atoms with Crippen molar-refractivity contribution in [2.45, 2.75) is 32.7 Å². The number of aromatic nitrogens is 1. The van der Waals surface area contributed by atoms with Crippen LogP contribution in [0.4, 0.5) is 16.3 Å². The van der Waals surface area contributed by atoms with E-state index in [1.165, 1.54) is 12.8 Å². The maximum Gasteiger partial charge on any atom is 0.410 e. The zero-order chi connectivity index (χ0) is 12.4. The average molecular weight is 235 g/mol. The third kappa shape index (κ3) is 2.49. The summed E-state index contributed by atoms with van der Waals surface area (Å²) in [4.78, 5) is 17.0. The summed E-state index contributed by atoms with van der Waals surface area (Å²) in [5.74, 6) is 0.380. The van der Waals surface area contributed by atoms with Gasteiger partial charge in [0.05, 0.1) is 11.9 Å². The van der Waals surface area contributed by atoms with Gasteiger partial charge in [-0.25, -0.2) is 9.78 Å². The number of rotatable bonds is 2. The van der Waals surface area contributed by atoms with E-state index in [1.807, 2.05) is 6.92 Å². The van der Waals surface area contributed by atoms with Gasteiger partial charge in [0.1, 0.15) is 5.82 Å². The highest BCUT2D eigenvalue weighted by atomic mass is 16.4. The Balaban J connectivity index is 2.22. The summed E-state index contributed by atoms with van der Waals surface area (Å²) in [5, 5.41) is 10.9. The van der Waals surface area contributed by atoms with Gasteiger partial charge in [-0.2, -0.15) is 0 Å². The average Bonchev–Trinajstić information content (AvgIpc) is 2.64. The molecule has 5 nitrogen and oxygen atoms in total. The van der Waals surface area contributed by atoms with Gasteiger partial charge in [-0.3, -0.25) is 5.32 Å². The molecule has 1 atom stereocenters. The molecule has 2 rings (SSSR count). The lowest BCUT2D eigenvalue weighted by Crippen LogP contribution is -2.27. The SMILES string of the molecule is Cc1cc(NC(=O)O)ncc1N1CCC[C@H]1C. The Morgan fingerprint density at radius 3 is 2.94 bits per heavy atom. The maximum atomic E-state index is 10.5. The Kier molecular flexibility index (Phi) is 3.17. The summed E-state index contributed by atoms with van der Waals surface area (Å²) in [5.41, 5.74) is 2.16. The second kappa shape index (κ2) is 4.61. The lowest BCUT2D eigenvalue weighted by atomic mass is 10.2. The Morgan fingerprint density at radius 2 is 2.41 bits per heavy atom. The molecule has 92 valence electrons. The highest BCUT2D eigenvalue weighted by Gasteiger charge is 2.22. The van der Waals surface area contributed by atoms with Crippen molar-refractivity contribution in [3.8, 4) is 0 Å². The Hall–Kier alpha value is -1.78. The molecule has 2 heterocycles. The van der Waals surface area contributed by atoms with Gasteiger partial charge >= 0.3 is 6.09 Å². The van der Waals surface area contributed by atoms with E-state index in [9.17, 15) is 4.79 Å². The van der Waals surface area contributed by atoms with E-state index in [-0.39, 0.29) is 0 Å². The van der Waals surface area contributed by atoms with Gasteiger partial charge in [0.2, 0.25) is 0 Å². The summed E-state index contributed by atoms with van der Waals surface area (Å²) in [7, 11) is 0. The molecule has 1 aromatic rings. The Labute approximate surface area is 100 Å². The van der Waals surface area contributed by atoms with Crippen molar-refractivity contribution in [3.63, 3.8) is 0 Å². The van der Waals surface area contributed by atoms with Crippen molar-refractivity contribution < 1.29 is 9.90 Å². The van der Waals surface area contributed by atoms with Crippen molar-refractivity contribution in [1.29, 1.82) is 0 Å². The van der Waals surface area contributed by atoms with Crippen LogP contribution in [0.3, 0.4) is 0 Å². The van der Waals surface area contributed by atoms with Crippen LogP contribution in [0.1, 0.15) is 25.3 Å². The standard InChI is InChI=1S/C12H17N3O2/c1-8-6-11(14-12(16)17)13-7-10(8)15-5-3-4-9(15)2/h6-7,9H,3-5H2,1-2H3,(H,13,14)(H,16,17)/t9-/m1/s1. The van der Waals surface area contributed by atoms with Gasteiger partial charge in [0.15, 0.2) is 0 Å². The van der Waals surface area contributed by atoms with E-state index in [4.69, 9.17) is 5.11 Å². The van der Waals surface area contributed by atoms with Gasteiger partial charge < -0.3 is 10.0 Å². The molecule has 1 saturated heterocycles. The molecule has 1 aliphatic heterocycles. The molecular weight excluding hydrogens is 218 g/mol.